The van der Waals surface area contributed by atoms with Crippen molar-refractivity contribution >= 4 is 0 Å². The predicted molar refractivity (Wildman–Crippen MR) is 72.3 cm³/mol. The first kappa shape index (κ1) is 14.0. The summed E-state index contributed by atoms with van der Waals surface area (Å²) in [7, 11) is 4.09. The molecule has 0 saturated carbocycles. The Morgan fingerprint density at radius 1 is 1.29 bits per heavy atom. The summed E-state index contributed by atoms with van der Waals surface area (Å²) in [5.74, 6) is 0.887. The van der Waals surface area contributed by atoms with Crippen LogP contribution < -0.4 is 10.5 Å². The summed E-state index contributed by atoms with van der Waals surface area (Å²) in [6.07, 6.45) is 0. The maximum absolute atomic E-state index is 6.38. The molecule has 0 aliphatic heterocycles. The molecule has 2 N–H and O–H groups in total. The first-order chi connectivity index (χ1) is 7.91. The zero-order chi connectivity index (χ0) is 13.1. The molecule has 0 spiro atoms. The van der Waals surface area contributed by atoms with Gasteiger partial charge < -0.3 is 15.4 Å². The van der Waals surface area contributed by atoms with E-state index in [1.165, 1.54) is 0 Å². The van der Waals surface area contributed by atoms with Gasteiger partial charge in [-0.3, -0.25) is 0 Å². The van der Waals surface area contributed by atoms with Crippen molar-refractivity contribution in [3.05, 3.63) is 29.8 Å². The molecule has 3 heteroatoms. The maximum Gasteiger partial charge on any atom is 0.124 e. The number of rotatable bonds is 5. The molecule has 3 nitrogen and oxygen atoms in total. The Labute approximate surface area is 105 Å². The van der Waals surface area contributed by atoms with E-state index in [1.807, 2.05) is 45.3 Å². The number of hydrogen-bond acceptors (Lipinski definition) is 3. The summed E-state index contributed by atoms with van der Waals surface area (Å²) in [5, 5.41) is 0. The van der Waals surface area contributed by atoms with E-state index in [0.717, 1.165) is 11.3 Å². The van der Waals surface area contributed by atoms with E-state index in [1.54, 1.807) is 0 Å². The van der Waals surface area contributed by atoms with Gasteiger partial charge in [0.1, 0.15) is 5.75 Å². The van der Waals surface area contributed by atoms with E-state index in [2.05, 4.69) is 18.7 Å². The lowest BCUT2D eigenvalue weighted by Crippen LogP contribution is -2.47. The number of benzene rings is 1. The van der Waals surface area contributed by atoms with Crippen molar-refractivity contribution in [3.63, 3.8) is 0 Å². The third-order valence-corrected chi connectivity index (χ3v) is 3.47. The van der Waals surface area contributed by atoms with E-state index < -0.39 is 0 Å². The van der Waals surface area contributed by atoms with Gasteiger partial charge in [-0.1, -0.05) is 18.2 Å². The Kier molecular flexibility index (Phi) is 4.54. The normalized spacial score (nSPS) is 13.8. The highest BCUT2D eigenvalue weighted by Gasteiger charge is 2.31. The number of ether oxygens (including phenoxy) is 1. The zero-order valence-electron chi connectivity index (χ0n) is 11.5. The van der Waals surface area contributed by atoms with Gasteiger partial charge in [0, 0.05) is 11.1 Å². The topological polar surface area (TPSA) is 38.5 Å². The smallest absolute Gasteiger partial charge is 0.124 e. The summed E-state index contributed by atoms with van der Waals surface area (Å²) in [4.78, 5) is 2.14. The van der Waals surface area contributed by atoms with Crippen LogP contribution in [0.5, 0.6) is 5.75 Å². The quantitative estimate of drug-likeness (QED) is 0.853. The minimum Gasteiger partial charge on any atom is -0.494 e. The van der Waals surface area contributed by atoms with Crippen LogP contribution in [0, 0.1) is 0 Å². The van der Waals surface area contributed by atoms with Gasteiger partial charge in [-0.05, 0) is 40.9 Å². The molecule has 0 radical (unpaired) electrons. The molecular formula is C14H24N2O. The number of para-hydroxylation sites is 1. The second-order valence-corrected chi connectivity index (χ2v) is 5.00. The van der Waals surface area contributed by atoms with Crippen LogP contribution in [-0.4, -0.2) is 31.1 Å². The Hall–Kier alpha value is -1.06. The fourth-order valence-electron chi connectivity index (χ4n) is 1.68. The molecule has 1 atom stereocenters. The standard InChI is InChI=1S/C14H24N2O/c1-6-17-12-10-8-7-9-11(12)13(15)14(2,3)16(4)5/h7-10,13H,6,15H2,1-5H3. The Morgan fingerprint density at radius 2 is 1.88 bits per heavy atom. The number of nitrogens with zero attached hydrogens (tertiary/aromatic N) is 1. The van der Waals surface area contributed by atoms with E-state index in [9.17, 15) is 0 Å². The lowest BCUT2D eigenvalue weighted by atomic mass is 9.88. The third kappa shape index (κ3) is 2.99. The fraction of sp³-hybridized carbons (Fsp3) is 0.571. The molecule has 1 aromatic carbocycles. The van der Waals surface area contributed by atoms with Crippen LogP contribution in [0.15, 0.2) is 24.3 Å². The third-order valence-electron chi connectivity index (χ3n) is 3.47. The highest BCUT2D eigenvalue weighted by atomic mass is 16.5. The molecule has 0 aromatic heterocycles. The summed E-state index contributed by atoms with van der Waals surface area (Å²) >= 11 is 0. The molecule has 1 unspecified atom stereocenters. The van der Waals surface area contributed by atoms with Crippen LogP contribution in [0.4, 0.5) is 0 Å². The highest BCUT2D eigenvalue weighted by Crippen LogP contribution is 2.32. The van der Waals surface area contributed by atoms with Gasteiger partial charge in [-0.2, -0.15) is 0 Å². The number of likely N-dealkylation sites (N-methyl/N-ethyl adjacent to an activating group) is 1. The van der Waals surface area contributed by atoms with Gasteiger partial charge >= 0.3 is 0 Å². The van der Waals surface area contributed by atoms with Crippen molar-refractivity contribution in [2.45, 2.75) is 32.4 Å². The summed E-state index contributed by atoms with van der Waals surface area (Å²) in [5.41, 5.74) is 7.33. The van der Waals surface area contributed by atoms with Gasteiger partial charge in [-0.25, -0.2) is 0 Å². The fourth-order valence-corrected chi connectivity index (χ4v) is 1.68. The van der Waals surface area contributed by atoms with E-state index in [-0.39, 0.29) is 11.6 Å². The second-order valence-electron chi connectivity index (χ2n) is 5.00. The molecule has 96 valence electrons. The van der Waals surface area contributed by atoms with Crippen molar-refractivity contribution in [2.24, 2.45) is 5.73 Å². The van der Waals surface area contributed by atoms with Crippen LogP contribution >= 0.6 is 0 Å². The summed E-state index contributed by atoms with van der Waals surface area (Å²) in [6.45, 7) is 6.92. The SMILES string of the molecule is CCOc1ccccc1C(N)C(C)(C)N(C)C. The van der Waals surface area contributed by atoms with Gasteiger partial charge in [0.15, 0.2) is 0 Å². The van der Waals surface area contributed by atoms with E-state index in [4.69, 9.17) is 10.5 Å². The average Bonchev–Trinajstić information content (AvgIpc) is 2.29. The van der Waals surface area contributed by atoms with E-state index >= 15 is 0 Å². The van der Waals surface area contributed by atoms with Crippen molar-refractivity contribution in [1.82, 2.24) is 4.90 Å². The molecular weight excluding hydrogens is 212 g/mol. The van der Waals surface area contributed by atoms with Crippen molar-refractivity contribution in [1.29, 1.82) is 0 Å². The zero-order valence-corrected chi connectivity index (χ0v) is 11.5. The van der Waals surface area contributed by atoms with Crippen LogP contribution in [-0.2, 0) is 0 Å². The van der Waals surface area contributed by atoms with Crippen LogP contribution in [0.2, 0.25) is 0 Å². The van der Waals surface area contributed by atoms with Gasteiger partial charge in [0.25, 0.3) is 0 Å². The van der Waals surface area contributed by atoms with Crippen molar-refractivity contribution in [3.8, 4) is 5.75 Å². The number of hydrogen-bond donors (Lipinski definition) is 1. The molecule has 0 bridgehead atoms. The molecule has 0 amide bonds. The molecule has 1 aromatic rings. The lowest BCUT2D eigenvalue weighted by molar-refractivity contribution is 0.156. The first-order valence-electron chi connectivity index (χ1n) is 6.06. The molecule has 0 aliphatic carbocycles. The monoisotopic (exact) mass is 236 g/mol. The van der Waals surface area contributed by atoms with Crippen LogP contribution in [0.1, 0.15) is 32.4 Å². The first-order valence-corrected chi connectivity index (χ1v) is 6.06. The van der Waals surface area contributed by atoms with Gasteiger partial charge in [-0.15, -0.1) is 0 Å². The van der Waals surface area contributed by atoms with Crippen molar-refractivity contribution in [2.75, 3.05) is 20.7 Å². The maximum atomic E-state index is 6.38. The predicted octanol–water partition coefficient (Wildman–Crippen LogP) is 2.43. The summed E-state index contributed by atoms with van der Waals surface area (Å²) in [6, 6.07) is 7.92. The van der Waals surface area contributed by atoms with Gasteiger partial charge in [0.2, 0.25) is 0 Å². The Balaban J connectivity index is 3.07. The lowest BCUT2D eigenvalue weighted by Gasteiger charge is -2.38. The van der Waals surface area contributed by atoms with Crippen LogP contribution in [0.25, 0.3) is 0 Å². The molecule has 0 fully saturated rings. The Morgan fingerprint density at radius 3 is 2.41 bits per heavy atom. The highest BCUT2D eigenvalue weighted by molar-refractivity contribution is 5.37. The average molecular weight is 236 g/mol. The van der Waals surface area contributed by atoms with Crippen LogP contribution in [0.3, 0.4) is 0 Å². The minimum absolute atomic E-state index is 0.0831. The van der Waals surface area contributed by atoms with Crippen molar-refractivity contribution < 1.29 is 4.74 Å². The Bertz CT molecular complexity index is 361. The molecule has 0 aliphatic rings. The largest absolute Gasteiger partial charge is 0.494 e. The second kappa shape index (κ2) is 5.52. The molecule has 17 heavy (non-hydrogen) atoms. The molecule has 1 rings (SSSR count). The minimum atomic E-state index is -0.118. The summed E-state index contributed by atoms with van der Waals surface area (Å²) < 4.78 is 5.63. The van der Waals surface area contributed by atoms with Gasteiger partial charge in [0.05, 0.1) is 12.6 Å². The number of nitrogens with two attached hydrogens (primary N) is 1. The molecule has 0 heterocycles. The van der Waals surface area contributed by atoms with E-state index in [0.29, 0.717) is 6.61 Å². The molecule has 0 saturated heterocycles.